The van der Waals surface area contributed by atoms with Crippen molar-refractivity contribution in [2.45, 2.75) is 13.8 Å². The summed E-state index contributed by atoms with van der Waals surface area (Å²) in [6.07, 6.45) is 0. The van der Waals surface area contributed by atoms with E-state index in [4.69, 9.17) is 10.5 Å². The zero-order valence-corrected chi connectivity index (χ0v) is 11.6. The first-order chi connectivity index (χ1) is 9.60. The Morgan fingerprint density at radius 3 is 2.50 bits per heavy atom. The van der Waals surface area contributed by atoms with Crippen LogP contribution in [0.15, 0.2) is 42.5 Å². The van der Waals surface area contributed by atoms with Crippen LogP contribution in [0.25, 0.3) is 0 Å². The molecule has 0 aliphatic heterocycles. The van der Waals surface area contributed by atoms with Crippen LogP contribution in [-0.4, -0.2) is 12.5 Å². The van der Waals surface area contributed by atoms with E-state index in [1.165, 1.54) is 0 Å². The molecule has 2 aromatic carbocycles. The van der Waals surface area contributed by atoms with Crippen molar-refractivity contribution >= 4 is 17.3 Å². The van der Waals surface area contributed by atoms with E-state index in [9.17, 15) is 4.79 Å². The second-order valence-corrected chi connectivity index (χ2v) is 4.50. The monoisotopic (exact) mass is 270 g/mol. The zero-order valence-electron chi connectivity index (χ0n) is 11.6. The number of nitrogen functional groups attached to an aromatic ring is 1. The summed E-state index contributed by atoms with van der Waals surface area (Å²) in [5, 5.41) is 2.80. The standard InChI is InChI=1S/C16H18N2O2/c1-3-20-13-8-9-15(14(17)10-13)18-16(19)12-6-4-11(2)5-7-12/h4-10H,3,17H2,1-2H3,(H,18,19). The van der Waals surface area contributed by atoms with Gasteiger partial charge in [0.05, 0.1) is 18.0 Å². The number of amides is 1. The van der Waals surface area contributed by atoms with Crippen LogP contribution in [0.5, 0.6) is 5.75 Å². The van der Waals surface area contributed by atoms with Crippen molar-refractivity contribution in [1.82, 2.24) is 0 Å². The van der Waals surface area contributed by atoms with Crippen LogP contribution in [0.2, 0.25) is 0 Å². The summed E-state index contributed by atoms with van der Waals surface area (Å²) in [7, 11) is 0. The maximum atomic E-state index is 12.1. The van der Waals surface area contributed by atoms with E-state index in [0.717, 1.165) is 5.56 Å². The molecule has 1 amide bonds. The second kappa shape index (κ2) is 6.10. The Morgan fingerprint density at radius 2 is 1.90 bits per heavy atom. The molecule has 0 radical (unpaired) electrons. The Morgan fingerprint density at radius 1 is 1.20 bits per heavy atom. The lowest BCUT2D eigenvalue weighted by Gasteiger charge is -2.10. The number of nitrogens with two attached hydrogens (primary N) is 1. The predicted molar refractivity (Wildman–Crippen MR) is 81.2 cm³/mol. The molecule has 0 atom stereocenters. The van der Waals surface area contributed by atoms with Crippen molar-refractivity contribution < 1.29 is 9.53 Å². The lowest BCUT2D eigenvalue weighted by molar-refractivity contribution is 0.102. The fourth-order valence-electron chi connectivity index (χ4n) is 1.81. The average molecular weight is 270 g/mol. The molecule has 4 nitrogen and oxygen atoms in total. The minimum absolute atomic E-state index is 0.180. The molecule has 0 fully saturated rings. The van der Waals surface area contributed by atoms with Gasteiger partial charge in [-0.3, -0.25) is 4.79 Å². The van der Waals surface area contributed by atoms with Gasteiger partial charge in [0.2, 0.25) is 0 Å². The van der Waals surface area contributed by atoms with E-state index >= 15 is 0 Å². The number of carbonyl (C=O) groups excluding carboxylic acids is 1. The zero-order chi connectivity index (χ0) is 14.5. The lowest BCUT2D eigenvalue weighted by Crippen LogP contribution is -2.13. The van der Waals surface area contributed by atoms with Gasteiger partial charge in [-0.15, -0.1) is 0 Å². The molecule has 0 saturated carbocycles. The third-order valence-electron chi connectivity index (χ3n) is 2.90. The number of rotatable bonds is 4. The van der Waals surface area contributed by atoms with Gasteiger partial charge in [-0.05, 0) is 38.1 Å². The summed E-state index contributed by atoms with van der Waals surface area (Å²) >= 11 is 0. The van der Waals surface area contributed by atoms with Crippen LogP contribution >= 0.6 is 0 Å². The third-order valence-corrected chi connectivity index (χ3v) is 2.90. The topological polar surface area (TPSA) is 64.3 Å². The van der Waals surface area contributed by atoms with Gasteiger partial charge in [0.25, 0.3) is 5.91 Å². The van der Waals surface area contributed by atoms with Crippen molar-refractivity contribution in [3.05, 3.63) is 53.6 Å². The van der Waals surface area contributed by atoms with E-state index in [-0.39, 0.29) is 5.91 Å². The highest BCUT2D eigenvalue weighted by Gasteiger charge is 2.08. The number of aryl methyl sites for hydroxylation is 1. The molecule has 0 aliphatic rings. The van der Waals surface area contributed by atoms with Crippen LogP contribution in [0, 0.1) is 6.92 Å². The fraction of sp³-hybridized carbons (Fsp3) is 0.188. The lowest BCUT2D eigenvalue weighted by atomic mass is 10.1. The number of nitrogens with one attached hydrogen (secondary N) is 1. The Kier molecular flexibility index (Phi) is 4.25. The van der Waals surface area contributed by atoms with Gasteiger partial charge >= 0.3 is 0 Å². The molecule has 2 aromatic rings. The quantitative estimate of drug-likeness (QED) is 0.838. The van der Waals surface area contributed by atoms with Crippen LogP contribution < -0.4 is 15.8 Å². The van der Waals surface area contributed by atoms with Gasteiger partial charge in [-0.2, -0.15) is 0 Å². The van der Waals surface area contributed by atoms with Crippen molar-refractivity contribution in [2.24, 2.45) is 0 Å². The predicted octanol–water partition coefficient (Wildman–Crippen LogP) is 3.23. The molecule has 0 aromatic heterocycles. The summed E-state index contributed by atoms with van der Waals surface area (Å²) < 4.78 is 5.35. The SMILES string of the molecule is CCOc1ccc(NC(=O)c2ccc(C)cc2)c(N)c1. The molecular weight excluding hydrogens is 252 g/mol. The minimum atomic E-state index is -0.180. The molecule has 0 saturated heterocycles. The Labute approximate surface area is 118 Å². The number of hydrogen-bond acceptors (Lipinski definition) is 3. The first kappa shape index (κ1) is 13.9. The first-order valence-corrected chi connectivity index (χ1v) is 6.50. The summed E-state index contributed by atoms with van der Waals surface area (Å²) in [4.78, 5) is 12.1. The minimum Gasteiger partial charge on any atom is -0.494 e. The largest absolute Gasteiger partial charge is 0.494 e. The van der Waals surface area contributed by atoms with E-state index < -0.39 is 0 Å². The van der Waals surface area contributed by atoms with E-state index in [0.29, 0.717) is 29.3 Å². The number of benzene rings is 2. The highest BCUT2D eigenvalue weighted by atomic mass is 16.5. The van der Waals surface area contributed by atoms with E-state index in [2.05, 4.69) is 5.32 Å². The first-order valence-electron chi connectivity index (χ1n) is 6.50. The summed E-state index contributed by atoms with van der Waals surface area (Å²) in [5.74, 6) is 0.513. The molecule has 0 bridgehead atoms. The van der Waals surface area contributed by atoms with Crippen molar-refractivity contribution in [3.63, 3.8) is 0 Å². The Bertz CT molecular complexity index is 606. The normalized spacial score (nSPS) is 10.1. The second-order valence-electron chi connectivity index (χ2n) is 4.50. The van der Waals surface area contributed by atoms with Gasteiger partial charge < -0.3 is 15.8 Å². The van der Waals surface area contributed by atoms with Gasteiger partial charge in [0.15, 0.2) is 0 Å². The van der Waals surface area contributed by atoms with Crippen molar-refractivity contribution in [1.29, 1.82) is 0 Å². The van der Waals surface area contributed by atoms with Gasteiger partial charge in [-0.1, -0.05) is 17.7 Å². The number of ether oxygens (including phenoxy) is 1. The molecule has 0 aliphatic carbocycles. The highest BCUT2D eigenvalue weighted by molar-refractivity contribution is 6.05. The molecule has 104 valence electrons. The molecule has 20 heavy (non-hydrogen) atoms. The van der Waals surface area contributed by atoms with Crippen LogP contribution in [0.3, 0.4) is 0 Å². The smallest absolute Gasteiger partial charge is 0.255 e. The van der Waals surface area contributed by atoms with E-state index in [1.54, 1.807) is 30.3 Å². The van der Waals surface area contributed by atoms with Crippen LogP contribution in [0.4, 0.5) is 11.4 Å². The summed E-state index contributed by atoms with van der Waals surface area (Å²) in [5.41, 5.74) is 8.69. The summed E-state index contributed by atoms with van der Waals surface area (Å²) in [6, 6.07) is 12.6. The van der Waals surface area contributed by atoms with Crippen molar-refractivity contribution in [2.75, 3.05) is 17.7 Å². The number of carbonyl (C=O) groups is 1. The Balaban J connectivity index is 2.13. The maximum absolute atomic E-state index is 12.1. The average Bonchev–Trinajstić information content (AvgIpc) is 2.43. The molecular formula is C16H18N2O2. The Hall–Kier alpha value is -2.49. The van der Waals surface area contributed by atoms with Gasteiger partial charge in [0.1, 0.15) is 5.75 Å². The third kappa shape index (κ3) is 3.29. The van der Waals surface area contributed by atoms with Crippen LogP contribution in [0.1, 0.15) is 22.8 Å². The maximum Gasteiger partial charge on any atom is 0.255 e. The molecule has 0 unspecified atom stereocenters. The highest BCUT2D eigenvalue weighted by Crippen LogP contribution is 2.24. The number of anilines is 2. The van der Waals surface area contributed by atoms with Crippen molar-refractivity contribution in [3.8, 4) is 5.75 Å². The van der Waals surface area contributed by atoms with Gasteiger partial charge in [-0.25, -0.2) is 0 Å². The molecule has 4 heteroatoms. The van der Waals surface area contributed by atoms with Gasteiger partial charge in [0, 0.05) is 11.6 Å². The molecule has 0 heterocycles. The molecule has 3 N–H and O–H groups in total. The summed E-state index contributed by atoms with van der Waals surface area (Å²) in [6.45, 7) is 4.46. The molecule has 2 rings (SSSR count). The molecule has 0 spiro atoms. The van der Waals surface area contributed by atoms with E-state index in [1.807, 2.05) is 26.0 Å². The van der Waals surface area contributed by atoms with Crippen LogP contribution in [-0.2, 0) is 0 Å². The fourth-order valence-corrected chi connectivity index (χ4v) is 1.81. The number of hydrogen-bond donors (Lipinski definition) is 2.